The average Bonchev–Trinajstić information content (AvgIpc) is 2.86. The van der Waals surface area contributed by atoms with Crippen LogP contribution in [0.5, 0.6) is 0 Å². The second-order valence-electron chi connectivity index (χ2n) is 5.99. The maximum atomic E-state index is 10.3. The Morgan fingerprint density at radius 3 is 2.55 bits per heavy atom. The minimum Gasteiger partial charge on any atom is -0.387 e. The monoisotopic (exact) mass is 271 g/mol. The van der Waals surface area contributed by atoms with E-state index in [1.807, 2.05) is 47.3 Å². The maximum Gasteiger partial charge on any atom is 0.0923 e. The van der Waals surface area contributed by atoms with Crippen molar-refractivity contribution in [3.63, 3.8) is 0 Å². The summed E-state index contributed by atoms with van der Waals surface area (Å²) in [6.07, 6.45) is 1.99. The highest BCUT2D eigenvalue weighted by molar-refractivity contribution is 5.30. The molecule has 0 unspecified atom stereocenters. The second-order valence-corrected chi connectivity index (χ2v) is 5.99. The molecule has 1 aromatic carbocycles. The van der Waals surface area contributed by atoms with Crippen molar-refractivity contribution in [2.24, 2.45) is 5.92 Å². The molecule has 0 saturated carbocycles. The number of hydrogen-bond donors (Lipinski definition) is 1. The minimum atomic E-state index is -0.512. The number of hydrogen-bond acceptors (Lipinski definition) is 3. The fourth-order valence-electron chi connectivity index (χ4n) is 2.60. The number of nitrogens with zero attached hydrogens (tertiary/aromatic N) is 3. The van der Waals surface area contributed by atoms with Crippen LogP contribution in [-0.2, 0) is 6.54 Å². The predicted molar refractivity (Wildman–Crippen MR) is 78.6 cm³/mol. The number of benzene rings is 1. The van der Waals surface area contributed by atoms with E-state index < -0.39 is 5.60 Å². The van der Waals surface area contributed by atoms with Gasteiger partial charge in [-0.05, 0) is 24.1 Å². The van der Waals surface area contributed by atoms with Crippen LogP contribution in [0.1, 0.15) is 19.5 Å². The minimum absolute atomic E-state index is 0.306. The zero-order valence-electron chi connectivity index (χ0n) is 12.0. The van der Waals surface area contributed by atoms with E-state index in [0.717, 1.165) is 31.0 Å². The number of para-hydroxylation sites is 1. The van der Waals surface area contributed by atoms with E-state index in [1.165, 1.54) is 0 Å². The Bertz CT molecular complexity index is 570. The molecule has 4 heteroatoms. The molecular weight excluding hydrogens is 250 g/mol. The number of aliphatic hydroxyl groups is 1. The summed E-state index contributed by atoms with van der Waals surface area (Å²) in [6.45, 7) is 6.42. The van der Waals surface area contributed by atoms with Gasteiger partial charge in [-0.25, -0.2) is 4.68 Å². The van der Waals surface area contributed by atoms with Crippen LogP contribution in [-0.4, -0.2) is 38.5 Å². The molecule has 1 aromatic heterocycles. The van der Waals surface area contributed by atoms with E-state index in [0.29, 0.717) is 5.92 Å². The van der Waals surface area contributed by atoms with Gasteiger partial charge in [0, 0.05) is 25.8 Å². The van der Waals surface area contributed by atoms with Crippen LogP contribution in [0.25, 0.3) is 5.69 Å². The quantitative estimate of drug-likeness (QED) is 0.925. The molecule has 0 amide bonds. The Morgan fingerprint density at radius 1 is 1.20 bits per heavy atom. The first-order chi connectivity index (χ1) is 9.57. The van der Waals surface area contributed by atoms with Crippen LogP contribution < -0.4 is 0 Å². The summed E-state index contributed by atoms with van der Waals surface area (Å²) >= 11 is 0. The van der Waals surface area contributed by atoms with Crippen molar-refractivity contribution < 1.29 is 5.11 Å². The standard InChI is InChI=1S/C16H21N3O/c1-13(2)16(20)11-18(12-16)10-14-8-9-19(17-14)15-6-4-3-5-7-15/h3-9,13,20H,10-12H2,1-2H3. The van der Waals surface area contributed by atoms with Gasteiger partial charge in [0.05, 0.1) is 17.0 Å². The van der Waals surface area contributed by atoms with E-state index in [9.17, 15) is 5.11 Å². The van der Waals surface area contributed by atoms with Crippen molar-refractivity contribution in [2.45, 2.75) is 26.0 Å². The van der Waals surface area contributed by atoms with Gasteiger partial charge in [-0.2, -0.15) is 5.10 Å². The second kappa shape index (κ2) is 5.04. The van der Waals surface area contributed by atoms with Crippen LogP contribution in [0, 0.1) is 5.92 Å². The summed E-state index contributed by atoms with van der Waals surface area (Å²) in [6, 6.07) is 12.1. The zero-order chi connectivity index (χ0) is 14.2. The Morgan fingerprint density at radius 2 is 1.90 bits per heavy atom. The first-order valence-electron chi connectivity index (χ1n) is 7.11. The molecule has 106 valence electrons. The highest BCUT2D eigenvalue weighted by atomic mass is 16.3. The smallest absolute Gasteiger partial charge is 0.0923 e. The number of likely N-dealkylation sites (tertiary alicyclic amines) is 1. The van der Waals surface area contributed by atoms with Gasteiger partial charge < -0.3 is 5.11 Å². The molecule has 0 spiro atoms. The fourth-order valence-corrected chi connectivity index (χ4v) is 2.60. The van der Waals surface area contributed by atoms with E-state index in [-0.39, 0.29) is 0 Å². The molecule has 1 aliphatic rings. The van der Waals surface area contributed by atoms with Crippen molar-refractivity contribution in [3.8, 4) is 5.69 Å². The molecular formula is C16H21N3O. The Labute approximate surface area is 119 Å². The third-order valence-electron chi connectivity index (χ3n) is 4.12. The molecule has 0 atom stereocenters. The predicted octanol–water partition coefficient (Wildman–Crippen LogP) is 2.08. The summed E-state index contributed by atoms with van der Waals surface area (Å²) in [5.74, 6) is 0.306. The molecule has 20 heavy (non-hydrogen) atoms. The first-order valence-corrected chi connectivity index (χ1v) is 7.11. The highest BCUT2D eigenvalue weighted by Crippen LogP contribution is 2.29. The molecule has 4 nitrogen and oxygen atoms in total. The van der Waals surface area contributed by atoms with Gasteiger partial charge in [0.25, 0.3) is 0 Å². The summed E-state index contributed by atoms with van der Waals surface area (Å²) in [4.78, 5) is 2.23. The molecule has 0 bridgehead atoms. The van der Waals surface area contributed by atoms with Crippen molar-refractivity contribution in [1.82, 2.24) is 14.7 Å². The lowest BCUT2D eigenvalue weighted by Gasteiger charge is -2.48. The van der Waals surface area contributed by atoms with Gasteiger partial charge in [-0.1, -0.05) is 32.0 Å². The fraction of sp³-hybridized carbons (Fsp3) is 0.438. The van der Waals surface area contributed by atoms with Gasteiger partial charge in [-0.15, -0.1) is 0 Å². The lowest BCUT2D eigenvalue weighted by atomic mass is 9.83. The Hall–Kier alpha value is -1.65. The zero-order valence-corrected chi connectivity index (χ0v) is 12.0. The third kappa shape index (κ3) is 2.49. The molecule has 1 fully saturated rings. The number of β-amino-alcohol motifs (C(OH)–C–C–N with tert-alkyl or cyclic N) is 1. The molecule has 2 aromatic rings. The van der Waals surface area contributed by atoms with Crippen LogP contribution in [0.3, 0.4) is 0 Å². The summed E-state index contributed by atoms with van der Waals surface area (Å²) in [5, 5.41) is 14.8. The Kier molecular flexibility index (Phi) is 3.36. The highest BCUT2D eigenvalue weighted by Gasteiger charge is 2.43. The average molecular weight is 271 g/mol. The lowest BCUT2D eigenvalue weighted by Crippen LogP contribution is -2.63. The van der Waals surface area contributed by atoms with Gasteiger partial charge in [0.1, 0.15) is 0 Å². The number of aromatic nitrogens is 2. The van der Waals surface area contributed by atoms with Crippen molar-refractivity contribution in [2.75, 3.05) is 13.1 Å². The lowest BCUT2D eigenvalue weighted by molar-refractivity contribution is -0.131. The van der Waals surface area contributed by atoms with Crippen molar-refractivity contribution in [3.05, 3.63) is 48.3 Å². The SMILES string of the molecule is CC(C)C1(O)CN(Cc2ccn(-c3ccccc3)n2)C1. The Balaban J connectivity index is 1.62. The normalized spacial score (nSPS) is 18.2. The molecule has 2 heterocycles. The van der Waals surface area contributed by atoms with E-state index >= 15 is 0 Å². The summed E-state index contributed by atoms with van der Waals surface area (Å²) < 4.78 is 1.89. The van der Waals surface area contributed by atoms with Gasteiger partial charge in [0.2, 0.25) is 0 Å². The molecule has 1 saturated heterocycles. The topological polar surface area (TPSA) is 41.3 Å². The van der Waals surface area contributed by atoms with Crippen molar-refractivity contribution in [1.29, 1.82) is 0 Å². The molecule has 3 rings (SSSR count). The van der Waals surface area contributed by atoms with E-state index in [2.05, 4.69) is 23.8 Å². The van der Waals surface area contributed by atoms with Crippen LogP contribution in [0.2, 0.25) is 0 Å². The van der Waals surface area contributed by atoms with Crippen LogP contribution in [0.4, 0.5) is 0 Å². The van der Waals surface area contributed by atoms with E-state index in [4.69, 9.17) is 0 Å². The van der Waals surface area contributed by atoms with Gasteiger partial charge >= 0.3 is 0 Å². The first kappa shape index (κ1) is 13.3. The maximum absolute atomic E-state index is 10.3. The molecule has 1 aliphatic heterocycles. The van der Waals surface area contributed by atoms with Gasteiger partial charge in [0.15, 0.2) is 0 Å². The third-order valence-corrected chi connectivity index (χ3v) is 4.12. The number of rotatable bonds is 4. The molecule has 0 aliphatic carbocycles. The van der Waals surface area contributed by atoms with Gasteiger partial charge in [-0.3, -0.25) is 4.90 Å². The van der Waals surface area contributed by atoms with Crippen LogP contribution >= 0.6 is 0 Å². The molecule has 1 N–H and O–H groups in total. The van der Waals surface area contributed by atoms with Crippen LogP contribution in [0.15, 0.2) is 42.6 Å². The summed E-state index contributed by atoms with van der Waals surface area (Å²) in [5.41, 5.74) is 1.60. The largest absolute Gasteiger partial charge is 0.387 e. The molecule has 0 radical (unpaired) electrons. The van der Waals surface area contributed by atoms with Crippen molar-refractivity contribution >= 4 is 0 Å². The summed E-state index contributed by atoms with van der Waals surface area (Å²) in [7, 11) is 0. The van der Waals surface area contributed by atoms with E-state index in [1.54, 1.807) is 0 Å².